The number of aliphatic carboxylic acids is 1. The van der Waals surface area contributed by atoms with E-state index in [0.29, 0.717) is 6.54 Å². The average molecular weight is 301 g/mol. The Labute approximate surface area is 131 Å². The molecule has 1 aliphatic rings. The van der Waals surface area contributed by atoms with E-state index in [0.717, 1.165) is 23.4 Å². The summed E-state index contributed by atoms with van der Waals surface area (Å²) < 4.78 is 5.96. The third kappa shape index (κ3) is 3.50. The van der Waals surface area contributed by atoms with Crippen LogP contribution >= 0.6 is 0 Å². The highest BCUT2D eigenvalue weighted by Crippen LogP contribution is 2.32. The molecule has 2 rings (SSSR count). The first-order valence-corrected chi connectivity index (χ1v) is 7.65. The molecule has 1 aromatic rings. The van der Waals surface area contributed by atoms with Crippen LogP contribution in [-0.4, -0.2) is 34.7 Å². The average Bonchev–Trinajstić information content (AvgIpc) is 2.46. The summed E-state index contributed by atoms with van der Waals surface area (Å²) in [7, 11) is 0. The molecule has 1 unspecified atom stereocenters. The maximum absolute atomic E-state index is 11.3. The molecule has 1 N–H and O–H groups in total. The zero-order chi connectivity index (χ0) is 16.1. The molecule has 1 aliphatic heterocycles. The summed E-state index contributed by atoms with van der Waals surface area (Å²) in [5.41, 5.74) is 2.11. The van der Waals surface area contributed by atoms with E-state index in [1.807, 2.05) is 42.2 Å². The molecule has 0 saturated heterocycles. The molecule has 1 aromatic carbocycles. The van der Waals surface area contributed by atoms with Crippen molar-refractivity contribution in [2.45, 2.75) is 39.3 Å². The van der Waals surface area contributed by atoms with E-state index in [2.05, 4.69) is 19.1 Å². The van der Waals surface area contributed by atoms with E-state index in [1.54, 1.807) is 6.92 Å². The molecule has 0 fully saturated rings. The molecule has 118 valence electrons. The van der Waals surface area contributed by atoms with E-state index >= 15 is 0 Å². The minimum Gasteiger partial charge on any atom is -0.485 e. The molecule has 0 spiro atoms. The highest BCUT2D eigenvalue weighted by atomic mass is 16.5. The first kappa shape index (κ1) is 16.1. The summed E-state index contributed by atoms with van der Waals surface area (Å²) in [5, 5.41) is 9.25. The molecular weight excluding hydrogens is 278 g/mol. The minimum atomic E-state index is -0.817. The molecule has 0 amide bonds. The van der Waals surface area contributed by atoms with Crippen LogP contribution in [0.2, 0.25) is 0 Å². The second-order valence-corrected chi connectivity index (χ2v) is 5.44. The fourth-order valence-corrected chi connectivity index (χ4v) is 2.57. The first-order valence-electron chi connectivity index (χ1n) is 7.65. The van der Waals surface area contributed by atoms with Crippen LogP contribution in [0.25, 0.3) is 0 Å². The molecular formula is C18H23NO3. The number of carbonyl (C=O) groups is 1. The van der Waals surface area contributed by atoms with E-state index < -0.39 is 12.0 Å². The predicted molar refractivity (Wildman–Crippen MR) is 86.8 cm³/mol. The van der Waals surface area contributed by atoms with Gasteiger partial charge in [0.2, 0.25) is 0 Å². The molecule has 4 nitrogen and oxygen atoms in total. The summed E-state index contributed by atoms with van der Waals surface area (Å²) in [6.45, 7) is 6.40. The fourth-order valence-electron chi connectivity index (χ4n) is 2.57. The van der Waals surface area contributed by atoms with E-state index in [1.165, 1.54) is 0 Å². The highest BCUT2D eigenvalue weighted by Gasteiger charge is 2.35. The standard InChI is InChI=1S/C18H23NO3/c1-4-5-9-15-12-19(13(2)18(20)21)17(15)14(3)22-16-10-7-6-8-11-16/h5-11,13-14H,4,12H2,1-3H3,(H,20,21)/b9-5-/t13?,14-/m1/s1. The second kappa shape index (κ2) is 7.16. The van der Waals surface area contributed by atoms with Gasteiger partial charge in [0.1, 0.15) is 17.9 Å². The largest absolute Gasteiger partial charge is 0.485 e. The number of nitrogens with zero attached hydrogens (tertiary/aromatic N) is 1. The number of hydrogen-bond donors (Lipinski definition) is 1. The molecule has 0 saturated carbocycles. The van der Waals surface area contributed by atoms with Crippen molar-refractivity contribution in [3.05, 3.63) is 53.8 Å². The van der Waals surface area contributed by atoms with Crippen molar-refractivity contribution in [3.63, 3.8) is 0 Å². The van der Waals surface area contributed by atoms with Gasteiger partial charge >= 0.3 is 5.97 Å². The smallest absolute Gasteiger partial charge is 0.326 e. The lowest BCUT2D eigenvalue weighted by atomic mass is 9.97. The van der Waals surface area contributed by atoms with Gasteiger partial charge in [-0.1, -0.05) is 37.3 Å². The number of carboxylic acids is 1. The monoisotopic (exact) mass is 301 g/mol. The maximum Gasteiger partial charge on any atom is 0.326 e. The lowest BCUT2D eigenvalue weighted by Crippen LogP contribution is -2.50. The predicted octanol–water partition coefficient (Wildman–Crippen LogP) is 3.46. The van der Waals surface area contributed by atoms with Gasteiger partial charge in [-0.2, -0.15) is 0 Å². The van der Waals surface area contributed by atoms with Crippen LogP contribution < -0.4 is 4.74 Å². The summed E-state index contributed by atoms with van der Waals surface area (Å²) >= 11 is 0. The van der Waals surface area contributed by atoms with Crippen molar-refractivity contribution < 1.29 is 14.6 Å². The summed E-state index contributed by atoms with van der Waals surface area (Å²) in [4.78, 5) is 13.2. The van der Waals surface area contributed by atoms with Gasteiger partial charge in [0.15, 0.2) is 0 Å². The van der Waals surface area contributed by atoms with Crippen molar-refractivity contribution >= 4 is 5.97 Å². The van der Waals surface area contributed by atoms with Gasteiger partial charge in [-0.15, -0.1) is 0 Å². The lowest BCUT2D eigenvalue weighted by molar-refractivity contribution is -0.142. The highest BCUT2D eigenvalue weighted by molar-refractivity contribution is 5.74. The topological polar surface area (TPSA) is 49.8 Å². The Kier molecular flexibility index (Phi) is 5.26. The molecule has 1 heterocycles. The maximum atomic E-state index is 11.3. The third-order valence-electron chi connectivity index (χ3n) is 3.80. The van der Waals surface area contributed by atoms with E-state index in [-0.39, 0.29) is 6.10 Å². The van der Waals surface area contributed by atoms with Crippen LogP contribution in [0, 0.1) is 0 Å². The number of carboxylic acid groups (broad SMARTS) is 1. The van der Waals surface area contributed by atoms with Crippen molar-refractivity contribution in [1.82, 2.24) is 4.90 Å². The molecule has 4 heteroatoms. The Morgan fingerprint density at radius 3 is 2.64 bits per heavy atom. The van der Waals surface area contributed by atoms with Gasteiger partial charge in [-0.05, 0) is 38.0 Å². The van der Waals surface area contributed by atoms with E-state index in [9.17, 15) is 9.90 Å². The number of rotatable bonds is 7. The Bertz CT molecular complexity index is 577. The molecule has 2 atom stereocenters. The van der Waals surface area contributed by atoms with Gasteiger partial charge < -0.3 is 14.7 Å². The molecule has 0 aromatic heterocycles. The third-order valence-corrected chi connectivity index (χ3v) is 3.80. The van der Waals surface area contributed by atoms with E-state index in [4.69, 9.17) is 4.74 Å². The van der Waals surface area contributed by atoms with Gasteiger partial charge in [0.05, 0.1) is 5.70 Å². The van der Waals surface area contributed by atoms with Crippen LogP contribution in [-0.2, 0) is 4.79 Å². The lowest BCUT2D eigenvalue weighted by Gasteiger charge is -2.43. The summed E-state index contributed by atoms with van der Waals surface area (Å²) in [5.74, 6) is -0.0286. The Morgan fingerprint density at radius 2 is 2.05 bits per heavy atom. The minimum absolute atomic E-state index is 0.186. The Morgan fingerprint density at radius 1 is 1.36 bits per heavy atom. The molecule has 0 aliphatic carbocycles. The van der Waals surface area contributed by atoms with Gasteiger partial charge in [0.25, 0.3) is 0 Å². The zero-order valence-corrected chi connectivity index (χ0v) is 13.3. The number of hydrogen-bond acceptors (Lipinski definition) is 3. The quantitative estimate of drug-likeness (QED) is 0.838. The number of para-hydroxylation sites is 1. The van der Waals surface area contributed by atoms with Crippen LogP contribution in [0.3, 0.4) is 0 Å². The second-order valence-electron chi connectivity index (χ2n) is 5.44. The van der Waals surface area contributed by atoms with Crippen LogP contribution in [0.15, 0.2) is 53.8 Å². The van der Waals surface area contributed by atoms with Crippen molar-refractivity contribution in [1.29, 1.82) is 0 Å². The van der Waals surface area contributed by atoms with Crippen LogP contribution in [0.4, 0.5) is 0 Å². The van der Waals surface area contributed by atoms with Gasteiger partial charge in [0, 0.05) is 6.54 Å². The zero-order valence-electron chi connectivity index (χ0n) is 13.3. The Hall–Kier alpha value is -2.23. The van der Waals surface area contributed by atoms with Gasteiger partial charge in [-0.3, -0.25) is 0 Å². The summed E-state index contributed by atoms with van der Waals surface area (Å²) in [6, 6.07) is 9.05. The molecule has 0 radical (unpaired) electrons. The normalized spacial score (nSPS) is 17.3. The SMILES string of the molecule is CC/C=C\C1=C([C@@H](C)Oc2ccccc2)N(C(C)C(=O)O)C1. The Balaban J connectivity index is 2.20. The number of ether oxygens (including phenoxy) is 1. The van der Waals surface area contributed by atoms with Crippen LogP contribution in [0.5, 0.6) is 5.75 Å². The van der Waals surface area contributed by atoms with Crippen molar-refractivity contribution in [3.8, 4) is 5.75 Å². The van der Waals surface area contributed by atoms with Gasteiger partial charge in [-0.25, -0.2) is 4.79 Å². The van der Waals surface area contributed by atoms with Crippen molar-refractivity contribution in [2.24, 2.45) is 0 Å². The number of benzene rings is 1. The fraction of sp³-hybridized carbons (Fsp3) is 0.389. The number of allylic oxidation sites excluding steroid dienone is 1. The first-order chi connectivity index (χ1) is 10.5. The molecule has 22 heavy (non-hydrogen) atoms. The summed E-state index contributed by atoms with van der Waals surface area (Å²) in [6.07, 6.45) is 4.94. The van der Waals surface area contributed by atoms with Crippen molar-refractivity contribution in [2.75, 3.05) is 6.54 Å². The molecule has 0 bridgehead atoms. The van der Waals surface area contributed by atoms with Crippen LogP contribution in [0.1, 0.15) is 27.2 Å².